The minimum absolute atomic E-state index is 0.0656. The maximum absolute atomic E-state index is 14.2. The van der Waals surface area contributed by atoms with Crippen molar-refractivity contribution in [3.63, 3.8) is 0 Å². The molecule has 0 radical (unpaired) electrons. The van der Waals surface area contributed by atoms with E-state index in [0.717, 1.165) is 23.8 Å². The molecule has 0 bridgehead atoms. The van der Waals surface area contributed by atoms with E-state index >= 15 is 0 Å². The first-order valence-corrected chi connectivity index (χ1v) is 10.8. The molecule has 0 saturated heterocycles. The molecule has 0 spiro atoms. The summed E-state index contributed by atoms with van der Waals surface area (Å²) in [5, 5.41) is 11.5. The Morgan fingerprint density at radius 3 is 2.66 bits per heavy atom. The number of rotatable bonds is 5. The number of carbonyl (C=O) groups excluding carboxylic acids is 1. The van der Waals surface area contributed by atoms with Gasteiger partial charge in [-0.2, -0.15) is 5.10 Å². The Balaban J connectivity index is 1.55. The molecule has 0 aliphatic rings. The highest BCUT2D eigenvalue weighted by Crippen LogP contribution is 2.31. The fourth-order valence-corrected chi connectivity index (χ4v) is 4.06. The van der Waals surface area contributed by atoms with E-state index in [1.165, 1.54) is 4.68 Å². The summed E-state index contributed by atoms with van der Waals surface area (Å²) in [6.07, 6.45) is 1.54. The number of benzene rings is 1. The number of nitrogens with zero attached hydrogens (tertiary/aromatic N) is 4. The van der Waals surface area contributed by atoms with Gasteiger partial charge >= 0.3 is 0 Å². The van der Waals surface area contributed by atoms with E-state index in [-0.39, 0.29) is 17.8 Å². The second-order valence-corrected chi connectivity index (χ2v) is 8.35. The predicted molar refractivity (Wildman–Crippen MR) is 124 cm³/mol. The van der Waals surface area contributed by atoms with Crippen LogP contribution in [-0.4, -0.2) is 25.8 Å². The van der Waals surface area contributed by atoms with Crippen molar-refractivity contribution in [2.24, 2.45) is 0 Å². The van der Waals surface area contributed by atoms with Crippen molar-refractivity contribution in [2.45, 2.75) is 34.2 Å². The zero-order chi connectivity index (χ0) is 24.9. The Morgan fingerprint density at radius 2 is 1.91 bits per heavy atom. The summed E-state index contributed by atoms with van der Waals surface area (Å²) in [4.78, 5) is 18.0. The number of pyridine rings is 1. The number of anilines is 1. The van der Waals surface area contributed by atoms with Crippen molar-refractivity contribution in [3.8, 4) is 11.3 Å². The van der Waals surface area contributed by atoms with Crippen LogP contribution in [0, 0.1) is 39.3 Å². The molecule has 0 aliphatic carbocycles. The van der Waals surface area contributed by atoms with Crippen LogP contribution in [0.15, 0.2) is 45.5 Å². The molecule has 1 amide bonds. The van der Waals surface area contributed by atoms with Gasteiger partial charge in [0.2, 0.25) is 0 Å². The third kappa shape index (κ3) is 4.07. The average molecular weight is 477 g/mol. The summed E-state index contributed by atoms with van der Waals surface area (Å²) in [5.41, 5.74) is 3.02. The van der Waals surface area contributed by atoms with E-state index in [2.05, 4.69) is 20.6 Å². The van der Waals surface area contributed by atoms with Crippen LogP contribution in [0.1, 0.15) is 38.7 Å². The second-order valence-electron chi connectivity index (χ2n) is 8.35. The fraction of sp³-hybridized carbons (Fsp3) is 0.200. The van der Waals surface area contributed by atoms with Gasteiger partial charge in [-0.25, -0.2) is 18.4 Å². The number of aromatic nitrogens is 4. The second kappa shape index (κ2) is 8.46. The Labute approximate surface area is 198 Å². The van der Waals surface area contributed by atoms with Crippen LogP contribution >= 0.6 is 0 Å². The first kappa shape index (κ1) is 22.5. The largest absolute Gasteiger partial charge is 0.466 e. The molecule has 5 rings (SSSR count). The number of amides is 1. The van der Waals surface area contributed by atoms with Gasteiger partial charge in [0.1, 0.15) is 29.0 Å². The molecule has 0 aliphatic heterocycles. The molecule has 178 valence electrons. The monoisotopic (exact) mass is 477 g/mol. The molecule has 0 atom stereocenters. The van der Waals surface area contributed by atoms with Crippen molar-refractivity contribution in [1.82, 2.24) is 19.9 Å². The van der Waals surface area contributed by atoms with Crippen LogP contribution in [0.5, 0.6) is 0 Å². The number of carbonyl (C=O) groups is 1. The minimum Gasteiger partial charge on any atom is -0.466 e. The highest BCUT2D eigenvalue weighted by atomic mass is 19.1. The smallest absolute Gasteiger partial charge is 0.259 e. The van der Waals surface area contributed by atoms with Crippen LogP contribution in [-0.2, 0) is 6.54 Å². The lowest BCUT2D eigenvalue weighted by Gasteiger charge is -2.12. The van der Waals surface area contributed by atoms with Crippen LogP contribution in [0.25, 0.3) is 22.4 Å². The molecule has 4 heterocycles. The number of aryl methyl sites for hydroxylation is 4. The molecule has 8 nitrogen and oxygen atoms in total. The summed E-state index contributed by atoms with van der Waals surface area (Å²) in [7, 11) is 0. The molecular formula is C25H21F2N5O3. The van der Waals surface area contributed by atoms with Crippen LogP contribution < -0.4 is 5.32 Å². The summed E-state index contributed by atoms with van der Waals surface area (Å²) >= 11 is 0. The molecule has 1 aromatic carbocycles. The minimum atomic E-state index is -0.566. The first-order valence-electron chi connectivity index (χ1n) is 10.8. The van der Waals surface area contributed by atoms with Crippen molar-refractivity contribution in [1.29, 1.82) is 0 Å². The van der Waals surface area contributed by atoms with Gasteiger partial charge < -0.3 is 14.3 Å². The molecule has 0 fully saturated rings. The lowest BCUT2D eigenvalue weighted by molar-refractivity contribution is 0.102. The van der Waals surface area contributed by atoms with E-state index < -0.39 is 17.5 Å². The summed E-state index contributed by atoms with van der Waals surface area (Å²) in [5.74, 6) is 0.145. The highest BCUT2D eigenvalue weighted by molar-refractivity contribution is 6.13. The first-order chi connectivity index (χ1) is 16.7. The van der Waals surface area contributed by atoms with Gasteiger partial charge in [-0.3, -0.25) is 4.79 Å². The number of fused-ring (bicyclic) bond motifs is 1. The number of nitrogens with one attached hydrogen (secondary N) is 1. The Hall–Kier alpha value is -4.34. The van der Waals surface area contributed by atoms with E-state index in [1.807, 2.05) is 19.9 Å². The fourth-order valence-electron chi connectivity index (χ4n) is 4.06. The highest BCUT2D eigenvalue weighted by Gasteiger charge is 2.23. The van der Waals surface area contributed by atoms with Gasteiger partial charge in [0.25, 0.3) is 11.6 Å². The molecule has 4 aromatic heterocycles. The molecular weight excluding hydrogens is 456 g/mol. The van der Waals surface area contributed by atoms with Crippen LogP contribution in [0.3, 0.4) is 0 Å². The third-order valence-electron chi connectivity index (χ3n) is 5.76. The summed E-state index contributed by atoms with van der Waals surface area (Å²) in [6.45, 7) is 7.06. The van der Waals surface area contributed by atoms with Crippen molar-refractivity contribution >= 4 is 22.8 Å². The van der Waals surface area contributed by atoms with E-state index in [4.69, 9.17) is 8.94 Å². The lowest BCUT2D eigenvalue weighted by Crippen LogP contribution is -2.18. The molecule has 35 heavy (non-hydrogen) atoms. The Morgan fingerprint density at radius 1 is 1.11 bits per heavy atom. The Kier molecular flexibility index (Phi) is 5.43. The quantitative estimate of drug-likeness (QED) is 0.359. The van der Waals surface area contributed by atoms with Gasteiger partial charge in [0, 0.05) is 16.7 Å². The molecule has 0 unspecified atom stereocenters. The zero-order valence-corrected chi connectivity index (χ0v) is 19.4. The number of hydrogen-bond acceptors (Lipinski definition) is 6. The van der Waals surface area contributed by atoms with Crippen molar-refractivity contribution in [2.75, 3.05) is 5.32 Å². The normalized spacial score (nSPS) is 11.4. The maximum Gasteiger partial charge on any atom is 0.259 e. The Bertz CT molecular complexity index is 1600. The molecule has 1 N–H and O–H groups in total. The number of halogens is 2. The number of furan rings is 1. The maximum atomic E-state index is 14.2. The lowest BCUT2D eigenvalue weighted by atomic mass is 10.1. The molecule has 5 aromatic rings. The van der Waals surface area contributed by atoms with Crippen molar-refractivity contribution < 1.29 is 22.5 Å². The average Bonchev–Trinajstić information content (AvgIpc) is 3.47. The zero-order valence-electron chi connectivity index (χ0n) is 19.4. The van der Waals surface area contributed by atoms with Gasteiger partial charge in [-0.15, -0.1) is 0 Å². The van der Waals surface area contributed by atoms with Crippen LogP contribution in [0.4, 0.5) is 14.6 Å². The molecule has 10 heteroatoms. The predicted octanol–water partition coefficient (Wildman–Crippen LogP) is 5.49. The van der Waals surface area contributed by atoms with Gasteiger partial charge in [-0.1, -0.05) is 5.16 Å². The summed E-state index contributed by atoms with van der Waals surface area (Å²) < 4.78 is 40.3. The van der Waals surface area contributed by atoms with Gasteiger partial charge in [0.15, 0.2) is 0 Å². The topological polar surface area (TPSA) is 99.0 Å². The SMILES string of the molecule is Cc1cc(-c2cc(C(=O)Nc3c(C)cnn3Cc3cc(F)ccc3F)c3c(C)noc3n2)c(C)o1. The van der Waals surface area contributed by atoms with Gasteiger partial charge in [-0.05, 0) is 58.0 Å². The van der Waals surface area contributed by atoms with Crippen molar-refractivity contribution in [3.05, 3.63) is 82.1 Å². The van der Waals surface area contributed by atoms with E-state index in [0.29, 0.717) is 45.2 Å². The number of hydrogen-bond donors (Lipinski definition) is 1. The van der Waals surface area contributed by atoms with E-state index in [1.54, 1.807) is 26.1 Å². The van der Waals surface area contributed by atoms with Crippen LogP contribution in [0.2, 0.25) is 0 Å². The van der Waals surface area contributed by atoms with E-state index in [9.17, 15) is 13.6 Å². The third-order valence-corrected chi connectivity index (χ3v) is 5.76. The molecule has 0 saturated carbocycles. The standard InChI is InChI=1S/C25H21F2N5O3/c1-12-10-28-32(11-16-8-17(26)5-6-20(16)27)23(12)30-24(33)19-9-21(18-7-13(2)34-15(18)4)29-25-22(19)14(3)31-35-25/h5-10H,11H2,1-4H3,(H,30,33). The van der Waals surface area contributed by atoms with Gasteiger partial charge in [0.05, 0.1) is 35.1 Å². The summed E-state index contributed by atoms with van der Waals surface area (Å²) in [6, 6.07) is 6.70.